The summed E-state index contributed by atoms with van der Waals surface area (Å²) in [5, 5.41) is 4.97. The molecule has 26 heavy (non-hydrogen) atoms. The lowest BCUT2D eigenvalue weighted by molar-refractivity contribution is 0.587. The van der Waals surface area contributed by atoms with E-state index in [2.05, 4.69) is 9.44 Å². The molecule has 0 aromatic heterocycles. The summed E-state index contributed by atoms with van der Waals surface area (Å²) in [6, 6.07) is 8.37. The van der Waals surface area contributed by atoms with Crippen LogP contribution < -0.4 is 14.6 Å². The predicted octanol–water partition coefficient (Wildman–Crippen LogP) is 0.351. The molecular formula is C14H17N3O6S3. The van der Waals surface area contributed by atoms with E-state index in [4.69, 9.17) is 5.14 Å². The van der Waals surface area contributed by atoms with Crippen LogP contribution in [0.1, 0.15) is 5.56 Å². The Kier molecular flexibility index (Phi) is 5.44. The molecule has 0 saturated heterocycles. The molecule has 0 radical (unpaired) electrons. The van der Waals surface area contributed by atoms with Gasteiger partial charge in [-0.05, 0) is 55.9 Å². The van der Waals surface area contributed by atoms with Gasteiger partial charge in [0, 0.05) is 0 Å². The topological polar surface area (TPSA) is 152 Å². The molecule has 0 amide bonds. The minimum Gasteiger partial charge on any atom is -0.280 e. The highest BCUT2D eigenvalue weighted by atomic mass is 32.2. The third-order valence-corrected chi connectivity index (χ3v) is 7.34. The third-order valence-electron chi connectivity index (χ3n) is 3.46. The summed E-state index contributed by atoms with van der Waals surface area (Å²) in [7, 11) is -10.5. The molecule has 9 nitrogen and oxygen atoms in total. The van der Waals surface area contributed by atoms with Crippen LogP contribution in [0.5, 0.6) is 0 Å². The maximum absolute atomic E-state index is 12.4. The summed E-state index contributed by atoms with van der Waals surface area (Å²) in [5.41, 5.74) is 0.486. The number of benzene rings is 2. The van der Waals surface area contributed by atoms with Crippen molar-refractivity contribution in [2.75, 3.05) is 11.8 Å². The lowest BCUT2D eigenvalue weighted by Gasteiger charge is -2.12. The van der Waals surface area contributed by atoms with E-state index in [1.807, 2.05) is 0 Å². The zero-order valence-electron chi connectivity index (χ0n) is 13.8. The van der Waals surface area contributed by atoms with Crippen LogP contribution in [-0.4, -0.2) is 32.3 Å². The van der Waals surface area contributed by atoms with Crippen molar-refractivity contribution in [2.45, 2.75) is 21.6 Å². The molecule has 142 valence electrons. The molecule has 0 aliphatic carbocycles. The van der Waals surface area contributed by atoms with Crippen LogP contribution in [0.3, 0.4) is 0 Å². The Morgan fingerprint density at radius 3 is 1.85 bits per heavy atom. The minimum atomic E-state index is -4.06. The van der Waals surface area contributed by atoms with Crippen molar-refractivity contribution >= 4 is 35.8 Å². The van der Waals surface area contributed by atoms with Crippen LogP contribution in [0.2, 0.25) is 0 Å². The molecule has 0 aliphatic heterocycles. The van der Waals surface area contributed by atoms with E-state index < -0.39 is 30.1 Å². The molecule has 4 N–H and O–H groups in total. The van der Waals surface area contributed by atoms with E-state index in [-0.39, 0.29) is 20.4 Å². The first-order chi connectivity index (χ1) is 11.9. The van der Waals surface area contributed by atoms with Gasteiger partial charge in [-0.25, -0.2) is 35.1 Å². The fraction of sp³-hybridized carbons (Fsp3) is 0.143. The first-order valence-corrected chi connectivity index (χ1v) is 11.6. The Labute approximate surface area is 152 Å². The van der Waals surface area contributed by atoms with E-state index in [1.165, 1.54) is 25.2 Å². The molecule has 12 heteroatoms. The second kappa shape index (κ2) is 6.96. The molecule has 2 aromatic rings. The quantitative estimate of drug-likeness (QED) is 0.614. The molecule has 2 rings (SSSR count). The van der Waals surface area contributed by atoms with E-state index in [0.717, 1.165) is 24.3 Å². The van der Waals surface area contributed by atoms with Crippen LogP contribution in [0.15, 0.2) is 57.2 Å². The fourth-order valence-corrected chi connectivity index (χ4v) is 4.64. The summed E-state index contributed by atoms with van der Waals surface area (Å²) in [5.74, 6) is 0. The third kappa shape index (κ3) is 4.40. The minimum absolute atomic E-state index is 0.0416. The van der Waals surface area contributed by atoms with Gasteiger partial charge in [-0.3, -0.25) is 4.72 Å². The van der Waals surface area contributed by atoms with Crippen molar-refractivity contribution < 1.29 is 25.3 Å². The zero-order valence-corrected chi connectivity index (χ0v) is 16.2. The van der Waals surface area contributed by atoms with Crippen LogP contribution in [0, 0.1) is 6.92 Å². The average Bonchev–Trinajstić information content (AvgIpc) is 2.55. The molecule has 0 fully saturated rings. The highest BCUT2D eigenvalue weighted by Gasteiger charge is 2.19. The number of aryl methyl sites for hydroxylation is 1. The van der Waals surface area contributed by atoms with Gasteiger partial charge in [0.2, 0.25) is 20.0 Å². The molecule has 0 aliphatic rings. The van der Waals surface area contributed by atoms with E-state index >= 15 is 0 Å². The second-order valence-corrected chi connectivity index (χ2v) is 10.4. The number of primary sulfonamides is 1. The van der Waals surface area contributed by atoms with Crippen LogP contribution >= 0.6 is 0 Å². The molecule has 0 bridgehead atoms. The van der Waals surface area contributed by atoms with Gasteiger partial charge in [0.15, 0.2) is 0 Å². The fourth-order valence-electron chi connectivity index (χ4n) is 2.09. The van der Waals surface area contributed by atoms with E-state index in [0.29, 0.717) is 5.56 Å². The number of hydrogen-bond donors (Lipinski definition) is 3. The Bertz CT molecular complexity index is 1140. The first kappa shape index (κ1) is 20.3. The van der Waals surface area contributed by atoms with Crippen LogP contribution in [-0.2, 0) is 30.1 Å². The lowest BCUT2D eigenvalue weighted by atomic mass is 10.2. The van der Waals surface area contributed by atoms with Gasteiger partial charge in [-0.15, -0.1) is 0 Å². The number of rotatable bonds is 6. The van der Waals surface area contributed by atoms with Gasteiger partial charge in [-0.1, -0.05) is 6.07 Å². The molecule has 0 atom stereocenters. The maximum atomic E-state index is 12.4. The van der Waals surface area contributed by atoms with Crippen molar-refractivity contribution in [2.24, 2.45) is 5.14 Å². The Morgan fingerprint density at radius 2 is 1.35 bits per heavy atom. The second-order valence-electron chi connectivity index (χ2n) is 5.31. The van der Waals surface area contributed by atoms with Crippen molar-refractivity contribution in [1.82, 2.24) is 4.72 Å². The predicted molar refractivity (Wildman–Crippen MR) is 96.0 cm³/mol. The van der Waals surface area contributed by atoms with Gasteiger partial charge >= 0.3 is 0 Å². The smallest absolute Gasteiger partial charge is 0.261 e. The van der Waals surface area contributed by atoms with Gasteiger partial charge in [-0.2, -0.15) is 0 Å². The largest absolute Gasteiger partial charge is 0.280 e. The Balaban J connectivity index is 2.40. The molecule has 2 aromatic carbocycles. The monoisotopic (exact) mass is 419 g/mol. The summed E-state index contributed by atoms with van der Waals surface area (Å²) < 4.78 is 75.7. The van der Waals surface area contributed by atoms with Crippen LogP contribution in [0.4, 0.5) is 5.69 Å². The SMILES string of the molecule is CNS(=O)(=O)c1cc(NS(=O)(=O)c2ccc(S(N)(=O)=O)cc2)ccc1C. The summed E-state index contributed by atoms with van der Waals surface area (Å²) in [6.45, 7) is 1.58. The highest BCUT2D eigenvalue weighted by molar-refractivity contribution is 7.92. The molecular weight excluding hydrogens is 402 g/mol. The van der Waals surface area contributed by atoms with Crippen LogP contribution in [0.25, 0.3) is 0 Å². The lowest BCUT2D eigenvalue weighted by Crippen LogP contribution is -2.20. The Hall–Kier alpha value is -1.99. The molecule has 0 unspecified atom stereocenters. The molecule has 0 saturated carbocycles. The number of anilines is 1. The summed E-state index contributed by atoms with van der Waals surface area (Å²) >= 11 is 0. The summed E-state index contributed by atoms with van der Waals surface area (Å²) in [6.07, 6.45) is 0. The highest BCUT2D eigenvalue weighted by Crippen LogP contribution is 2.23. The van der Waals surface area contributed by atoms with Gasteiger partial charge < -0.3 is 0 Å². The van der Waals surface area contributed by atoms with E-state index in [1.54, 1.807) is 6.92 Å². The van der Waals surface area contributed by atoms with Gasteiger partial charge in [0.25, 0.3) is 10.0 Å². The molecule has 0 spiro atoms. The zero-order chi connectivity index (χ0) is 19.8. The van der Waals surface area contributed by atoms with Crippen molar-refractivity contribution in [3.05, 3.63) is 48.0 Å². The number of nitrogens with two attached hydrogens (primary N) is 1. The standard InChI is InChI=1S/C14H17N3O6S3/c1-10-3-4-11(9-14(10)26(22,23)16-2)17-25(20,21)13-7-5-12(6-8-13)24(15,18)19/h3-9,16-17H,1-2H3,(H2,15,18,19). The molecule has 0 heterocycles. The van der Waals surface area contributed by atoms with Crippen molar-refractivity contribution in [3.63, 3.8) is 0 Å². The summed E-state index contributed by atoms with van der Waals surface area (Å²) in [4.78, 5) is -0.498. The van der Waals surface area contributed by atoms with Crippen molar-refractivity contribution in [3.8, 4) is 0 Å². The maximum Gasteiger partial charge on any atom is 0.261 e. The number of nitrogens with one attached hydrogen (secondary N) is 2. The normalized spacial score (nSPS) is 12.7. The van der Waals surface area contributed by atoms with E-state index in [9.17, 15) is 25.3 Å². The van der Waals surface area contributed by atoms with Crippen molar-refractivity contribution in [1.29, 1.82) is 0 Å². The number of sulfonamides is 3. The van der Waals surface area contributed by atoms with Gasteiger partial charge in [0.1, 0.15) is 0 Å². The van der Waals surface area contributed by atoms with Gasteiger partial charge in [0.05, 0.1) is 20.4 Å². The number of hydrogen-bond acceptors (Lipinski definition) is 6. The Morgan fingerprint density at radius 1 is 0.808 bits per heavy atom. The first-order valence-electron chi connectivity index (χ1n) is 7.07. The average molecular weight is 420 g/mol.